The van der Waals surface area contributed by atoms with Gasteiger partial charge in [0.05, 0.1) is 18.6 Å². The van der Waals surface area contributed by atoms with Gasteiger partial charge in [-0.3, -0.25) is 0 Å². The Labute approximate surface area is 98.5 Å². The summed E-state index contributed by atoms with van der Waals surface area (Å²) in [7, 11) is -1.84. The Morgan fingerprint density at radius 1 is 1.06 bits per heavy atom. The molecule has 4 nitrogen and oxygen atoms in total. The first kappa shape index (κ1) is 12.5. The molecule has 0 N–H and O–H groups in total. The summed E-state index contributed by atoms with van der Waals surface area (Å²) >= 11 is 0. The molecule has 16 heavy (non-hydrogen) atoms. The van der Waals surface area contributed by atoms with E-state index in [1.807, 2.05) is 0 Å². The van der Waals surface area contributed by atoms with Crippen LogP contribution >= 0.6 is 0 Å². The van der Waals surface area contributed by atoms with Crippen LogP contribution in [0.4, 0.5) is 0 Å². The number of hydrogen-bond donors (Lipinski definition) is 0. The highest BCUT2D eigenvalue weighted by Gasteiger charge is 2.45. The van der Waals surface area contributed by atoms with Crippen LogP contribution in [-0.2, 0) is 18.3 Å². The van der Waals surface area contributed by atoms with Crippen molar-refractivity contribution in [2.24, 2.45) is 5.41 Å². The van der Waals surface area contributed by atoms with Crippen molar-refractivity contribution in [3.8, 4) is 0 Å². The van der Waals surface area contributed by atoms with Gasteiger partial charge in [-0.1, -0.05) is 13.3 Å². The average Bonchev–Trinajstić information content (AvgIpc) is 2.27. The minimum absolute atomic E-state index is 0.0252. The van der Waals surface area contributed by atoms with Gasteiger partial charge in [-0.05, 0) is 19.5 Å². The third-order valence-corrected chi connectivity index (χ3v) is 4.81. The maximum atomic E-state index is 5.81. The molecule has 2 rings (SSSR count). The summed E-state index contributed by atoms with van der Waals surface area (Å²) in [5.74, 6) is 0. The highest BCUT2D eigenvalue weighted by atomic mass is 28.4. The molecule has 0 aromatic rings. The van der Waals surface area contributed by atoms with Gasteiger partial charge >= 0.3 is 8.56 Å². The van der Waals surface area contributed by atoms with E-state index in [9.17, 15) is 0 Å². The van der Waals surface area contributed by atoms with Crippen LogP contribution in [0.5, 0.6) is 0 Å². The molecule has 0 aliphatic carbocycles. The topological polar surface area (TPSA) is 36.9 Å². The second-order valence-corrected chi connectivity index (χ2v) is 8.69. The molecule has 0 unspecified atom stereocenters. The van der Waals surface area contributed by atoms with E-state index in [1.54, 1.807) is 0 Å². The first-order chi connectivity index (χ1) is 7.55. The van der Waals surface area contributed by atoms with E-state index in [2.05, 4.69) is 20.0 Å². The minimum Gasteiger partial charge on any atom is -0.394 e. The lowest BCUT2D eigenvalue weighted by Crippen LogP contribution is -2.56. The van der Waals surface area contributed by atoms with Gasteiger partial charge < -0.3 is 18.3 Å². The predicted molar refractivity (Wildman–Crippen MR) is 62.4 cm³/mol. The van der Waals surface area contributed by atoms with Crippen LogP contribution in [0.2, 0.25) is 13.1 Å². The molecule has 2 aliphatic heterocycles. The Bertz CT molecular complexity index is 224. The van der Waals surface area contributed by atoms with Crippen molar-refractivity contribution in [1.82, 2.24) is 0 Å². The summed E-state index contributed by atoms with van der Waals surface area (Å²) in [6.45, 7) is 9.10. The molecular weight excluding hydrogens is 224 g/mol. The van der Waals surface area contributed by atoms with Crippen LogP contribution in [0.25, 0.3) is 0 Å². The second kappa shape index (κ2) is 4.74. The summed E-state index contributed by atoms with van der Waals surface area (Å²) in [6.07, 6.45) is 2.03. The van der Waals surface area contributed by atoms with Crippen LogP contribution in [-0.4, -0.2) is 41.3 Å². The fraction of sp³-hybridized carbons (Fsp3) is 1.00. The number of rotatable bonds is 2. The van der Waals surface area contributed by atoms with E-state index in [4.69, 9.17) is 18.3 Å². The lowest BCUT2D eigenvalue weighted by molar-refractivity contribution is -0.251. The summed E-state index contributed by atoms with van der Waals surface area (Å²) in [4.78, 5) is 0. The smallest absolute Gasteiger partial charge is 0.331 e. The fourth-order valence-electron chi connectivity index (χ4n) is 1.94. The zero-order valence-corrected chi connectivity index (χ0v) is 11.5. The van der Waals surface area contributed by atoms with E-state index in [0.29, 0.717) is 26.4 Å². The molecule has 2 saturated heterocycles. The van der Waals surface area contributed by atoms with Crippen molar-refractivity contribution >= 4 is 8.56 Å². The molecule has 5 heteroatoms. The van der Waals surface area contributed by atoms with Crippen LogP contribution in [0.3, 0.4) is 0 Å². The zero-order valence-electron chi connectivity index (χ0n) is 10.5. The van der Waals surface area contributed by atoms with Gasteiger partial charge in [-0.15, -0.1) is 0 Å². The van der Waals surface area contributed by atoms with Crippen molar-refractivity contribution in [3.05, 3.63) is 0 Å². The summed E-state index contributed by atoms with van der Waals surface area (Å²) in [5.41, 5.74) is -0.0627. The minimum atomic E-state index is -1.84. The summed E-state index contributed by atoms with van der Waals surface area (Å²) < 4.78 is 23.0. The predicted octanol–water partition coefficient (Wildman–Crippen LogP) is 1.89. The number of ether oxygens (including phenoxy) is 2. The van der Waals surface area contributed by atoms with E-state index >= 15 is 0 Å². The first-order valence-electron chi connectivity index (χ1n) is 6.06. The molecule has 0 saturated carbocycles. The van der Waals surface area contributed by atoms with Gasteiger partial charge in [0, 0.05) is 13.2 Å². The maximum absolute atomic E-state index is 5.81. The van der Waals surface area contributed by atoms with Crippen LogP contribution in [0.15, 0.2) is 0 Å². The van der Waals surface area contributed by atoms with E-state index in [1.165, 1.54) is 0 Å². The fourth-order valence-corrected chi connectivity index (χ4v) is 3.33. The molecule has 2 aliphatic rings. The van der Waals surface area contributed by atoms with Crippen molar-refractivity contribution in [3.63, 3.8) is 0 Å². The largest absolute Gasteiger partial charge is 0.394 e. The Hall–Kier alpha value is 0.0569. The quantitative estimate of drug-likeness (QED) is 0.697. The van der Waals surface area contributed by atoms with E-state index in [-0.39, 0.29) is 11.7 Å². The van der Waals surface area contributed by atoms with Crippen molar-refractivity contribution in [2.45, 2.75) is 39.1 Å². The molecule has 0 aromatic carbocycles. The SMILES string of the molecule is CCCC1OCC2(CO1)CO[Si](C)(C)OC2. The van der Waals surface area contributed by atoms with Gasteiger partial charge in [-0.2, -0.15) is 0 Å². The summed E-state index contributed by atoms with van der Waals surface area (Å²) in [6, 6.07) is 0. The molecule has 0 aromatic heterocycles. The van der Waals surface area contributed by atoms with Crippen LogP contribution < -0.4 is 0 Å². The molecule has 94 valence electrons. The van der Waals surface area contributed by atoms with Crippen molar-refractivity contribution in [2.75, 3.05) is 26.4 Å². The van der Waals surface area contributed by atoms with Gasteiger partial charge in [-0.25, -0.2) is 0 Å². The van der Waals surface area contributed by atoms with Gasteiger partial charge in [0.2, 0.25) is 0 Å². The van der Waals surface area contributed by atoms with Gasteiger partial charge in [0.15, 0.2) is 6.29 Å². The second-order valence-electron chi connectivity index (χ2n) is 5.32. The Morgan fingerprint density at radius 3 is 2.12 bits per heavy atom. The Kier molecular flexibility index (Phi) is 3.71. The standard InChI is InChI=1S/C11H22O4Si/c1-4-5-10-12-6-11(7-13-10)8-14-16(2,3)15-9-11/h10H,4-9H2,1-3H3. The monoisotopic (exact) mass is 246 g/mol. The van der Waals surface area contributed by atoms with Gasteiger partial charge in [0.1, 0.15) is 0 Å². The van der Waals surface area contributed by atoms with E-state index in [0.717, 1.165) is 12.8 Å². The molecule has 2 fully saturated rings. The lowest BCUT2D eigenvalue weighted by Gasteiger charge is -2.45. The third-order valence-electron chi connectivity index (χ3n) is 3.13. The molecule has 0 bridgehead atoms. The molecule has 0 amide bonds. The lowest BCUT2D eigenvalue weighted by atomic mass is 9.91. The maximum Gasteiger partial charge on any atom is 0.331 e. The summed E-state index contributed by atoms with van der Waals surface area (Å²) in [5, 5.41) is 0. The number of hydrogen-bond acceptors (Lipinski definition) is 4. The molecular formula is C11H22O4Si. The third kappa shape index (κ3) is 2.84. The normalized spacial score (nSPS) is 29.4. The van der Waals surface area contributed by atoms with E-state index < -0.39 is 8.56 Å². The zero-order chi connectivity index (χ0) is 11.6. The van der Waals surface area contributed by atoms with Crippen molar-refractivity contribution < 1.29 is 18.3 Å². The molecule has 2 heterocycles. The highest BCUT2D eigenvalue weighted by Crippen LogP contribution is 2.32. The first-order valence-corrected chi connectivity index (χ1v) is 8.88. The highest BCUT2D eigenvalue weighted by molar-refractivity contribution is 6.64. The van der Waals surface area contributed by atoms with Crippen LogP contribution in [0, 0.1) is 5.41 Å². The average molecular weight is 246 g/mol. The Balaban J connectivity index is 1.84. The van der Waals surface area contributed by atoms with Crippen molar-refractivity contribution in [1.29, 1.82) is 0 Å². The van der Waals surface area contributed by atoms with Gasteiger partial charge in [0.25, 0.3) is 0 Å². The molecule has 1 spiro atoms. The Morgan fingerprint density at radius 2 is 1.62 bits per heavy atom. The molecule has 0 radical (unpaired) electrons. The molecule has 0 atom stereocenters. The van der Waals surface area contributed by atoms with Crippen LogP contribution in [0.1, 0.15) is 19.8 Å².